The van der Waals surface area contributed by atoms with Crippen LogP contribution in [0.15, 0.2) is 42.5 Å². The molecule has 0 saturated carbocycles. The maximum atomic E-state index is 11.8. The molecule has 0 unspecified atom stereocenters. The number of hydrogen-bond donors (Lipinski definition) is 2. The van der Waals surface area contributed by atoms with E-state index in [1.165, 1.54) is 14.2 Å². The zero-order chi connectivity index (χ0) is 18.2. The number of methoxy groups -OCH3 is 2. The first-order valence-corrected chi connectivity index (χ1v) is 7.85. The Bertz CT molecular complexity index is 768. The highest BCUT2D eigenvalue weighted by Gasteiger charge is 2.09. The first-order valence-electron chi connectivity index (χ1n) is 7.48. The lowest BCUT2D eigenvalue weighted by Gasteiger charge is -2.14. The van der Waals surface area contributed by atoms with Gasteiger partial charge >= 0.3 is 6.03 Å². The molecule has 0 fully saturated rings. The number of carbonyl (C=O) groups excluding carboxylic acids is 1. The topological polar surface area (TPSA) is 83.4 Å². The predicted octanol–water partition coefficient (Wildman–Crippen LogP) is 3.62. The van der Waals surface area contributed by atoms with E-state index in [4.69, 9.17) is 26.3 Å². The average Bonchev–Trinajstić information content (AvgIpc) is 2.63. The maximum Gasteiger partial charge on any atom is 0.319 e. The van der Waals surface area contributed by atoms with Crippen molar-refractivity contribution in [2.45, 2.75) is 6.29 Å². The molecule has 0 aliphatic carbocycles. The van der Waals surface area contributed by atoms with Crippen LogP contribution in [-0.2, 0) is 9.47 Å². The van der Waals surface area contributed by atoms with Gasteiger partial charge in [-0.25, -0.2) is 4.79 Å². The minimum atomic E-state index is -0.494. The molecule has 0 bridgehead atoms. The van der Waals surface area contributed by atoms with E-state index in [1.807, 2.05) is 18.2 Å². The van der Waals surface area contributed by atoms with Crippen LogP contribution in [0.4, 0.5) is 10.5 Å². The molecule has 0 heterocycles. The normalized spacial score (nSPS) is 10.4. The molecule has 6 nitrogen and oxygen atoms in total. The molecule has 2 rings (SSSR count). The van der Waals surface area contributed by atoms with Gasteiger partial charge in [0.1, 0.15) is 0 Å². The molecule has 0 radical (unpaired) electrons. The van der Waals surface area contributed by atoms with Gasteiger partial charge < -0.3 is 20.1 Å². The van der Waals surface area contributed by atoms with E-state index in [9.17, 15) is 4.79 Å². The number of urea groups is 1. The van der Waals surface area contributed by atoms with Crippen molar-refractivity contribution in [2.75, 3.05) is 26.1 Å². The van der Waals surface area contributed by atoms with E-state index < -0.39 is 6.29 Å². The Kier molecular flexibility index (Phi) is 6.78. The van der Waals surface area contributed by atoms with Crippen LogP contribution < -0.4 is 10.6 Å². The summed E-state index contributed by atoms with van der Waals surface area (Å²) >= 11 is 6.21. The monoisotopic (exact) mass is 359 g/mol. The highest BCUT2D eigenvalue weighted by atomic mass is 35.5. The van der Waals surface area contributed by atoms with Crippen molar-refractivity contribution in [3.05, 3.63) is 53.1 Å². The van der Waals surface area contributed by atoms with Crippen molar-refractivity contribution in [2.24, 2.45) is 0 Å². The molecule has 7 heteroatoms. The SMILES string of the molecule is COC(CNC(=O)Nc1ccc(-c2ccc(C#N)cc2Cl)cc1)OC. The molecule has 0 saturated heterocycles. The van der Waals surface area contributed by atoms with Crippen LogP contribution in [0.1, 0.15) is 5.56 Å². The Morgan fingerprint density at radius 2 is 1.88 bits per heavy atom. The molecule has 0 aliphatic heterocycles. The smallest absolute Gasteiger partial charge is 0.319 e. The van der Waals surface area contributed by atoms with Crippen molar-refractivity contribution < 1.29 is 14.3 Å². The van der Waals surface area contributed by atoms with Gasteiger partial charge in [-0.3, -0.25) is 0 Å². The number of nitrogens with zero attached hydrogens (tertiary/aromatic N) is 1. The number of halogens is 1. The summed E-state index contributed by atoms with van der Waals surface area (Å²) in [5.74, 6) is 0. The van der Waals surface area contributed by atoms with Gasteiger partial charge in [0, 0.05) is 30.5 Å². The van der Waals surface area contributed by atoms with E-state index in [1.54, 1.807) is 30.3 Å². The number of rotatable bonds is 6. The van der Waals surface area contributed by atoms with Crippen LogP contribution in [0, 0.1) is 11.3 Å². The van der Waals surface area contributed by atoms with Gasteiger partial charge in [0.15, 0.2) is 6.29 Å². The molecule has 2 N–H and O–H groups in total. The van der Waals surface area contributed by atoms with Crippen molar-refractivity contribution >= 4 is 23.3 Å². The van der Waals surface area contributed by atoms with E-state index in [2.05, 4.69) is 10.6 Å². The standard InChI is InChI=1S/C18H18ClN3O3/c1-24-17(25-2)11-21-18(23)22-14-6-4-13(5-7-14)15-8-3-12(10-20)9-16(15)19/h3-9,17H,11H2,1-2H3,(H2,21,22,23). The highest BCUT2D eigenvalue weighted by Crippen LogP contribution is 2.29. The summed E-state index contributed by atoms with van der Waals surface area (Å²) in [6.45, 7) is 0.234. The Balaban J connectivity index is 2.00. The number of anilines is 1. The largest absolute Gasteiger partial charge is 0.354 e. The molecule has 2 amide bonds. The van der Waals surface area contributed by atoms with Crippen LogP contribution >= 0.6 is 11.6 Å². The van der Waals surface area contributed by atoms with Crippen molar-refractivity contribution in [3.8, 4) is 17.2 Å². The fourth-order valence-corrected chi connectivity index (χ4v) is 2.46. The van der Waals surface area contributed by atoms with Crippen LogP contribution in [0.2, 0.25) is 5.02 Å². The number of carbonyl (C=O) groups is 1. The van der Waals surface area contributed by atoms with Gasteiger partial charge in [0.05, 0.1) is 18.2 Å². The number of nitriles is 1. The Labute approximate surface area is 151 Å². The summed E-state index contributed by atoms with van der Waals surface area (Å²) in [6, 6.07) is 14.1. The van der Waals surface area contributed by atoms with Crippen LogP contribution in [0.3, 0.4) is 0 Å². The Hall–Kier alpha value is -2.59. The second-order valence-electron chi connectivity index (χ2n) is 5.12. The Morgan fingerprint density at radius 1 is 1.20 bits per heavy atom. The number of nitrogens with one attached hydrogen (secondary N) is 2. The van der Waals surface area contributed by atoms with Crippen LogP contribution in [0.25, 0.3) is 11.1 Å². The number of amides is 2. The first-order chi connectivity index (χ1) is 12.1. The minimum Gasteiger partial charge on any atom is -0.354 e. The fourth-order valence-electron chi connectivity index (χ4n) is 2.17. The molecular formula is C18H18ClN3O3. The lowest BCUT2D eigenvalue weighted by Crippen LogP contribution is -2.36. The predicted molar refractivity (Wildman–Crippen MR) is 96.4 cm³/mol. The van der Waals surface area contributed by atoms with Gasteiger partial charge in [0.25, 0.3) is 0 Å². The molecule has 2 aromatic rings. The van der Waals surface area contributed by atoms with E-state index in [0.717, 1.165) is 11.1 Å². The van der Waals surface area contributed by atoms with Gasteiger partial charge in [0.2, 0.25) is 0 Å². The quantitative estimate of drug-likeness (QED) is 0.771. The van der Waals surface area contributed by atoms with Crippen LogP contribution in [-0.4, -0.2) is 33.1 Å². The van der Waals surface area contributed by atoms with Crippen molar-refractivity contribution in [3.63, 3.8) is 0 Å². The van der Waals surface area contributed by atoms with Crippen molar-refractivity contribution in [1.29, 1.82) is 5.26 Å². The first kappa shape index (κ1) is 18.7. The third kappa shape index (κ3) is 5.19. The second-order valence-corrected chi connectivity index (χ2v) is 5.53. The molecule has 2 aromatic carbocycles. The molecule has 0 atom stereocenters. The van der Waals surface area contributed by atoms with Gasteiger partial charge in [-0.05, 0) is 29.8 Å². The van der Waals surface area contributed by atoms with E-state index in [0.29, 0.717) is 16.3 Å². The fraction of sp³-hybridized carbons (Fsp3) is 0.222. The number of hydrogen-bond acceptors (Lipinski definition) is 4. The maximum absolute atomic E-state index is 11.8. The third-order valence-electron chi connectivity index (χ3n) is 3.51. The summed E-state index contributed by atoms with van der Waals surface area (Å²) in [5, 5.41) is 14.8. The second kappa shape index (κ2) is 9.04. The summed E-state index contributed by atoms with van der Waals surface area (Å²) in [7, 11) is 3.00. The van der Waals surface area contributed by atoms with Crippen molar-refractivity contribution in [1.82, 2.24) is 5.32 Å². The van der Waals surface area contributed by atoms with Gasteiger partial charge in [-0.2, -0.15) is 5.26 Å². The van der Waals surface area contributed by atoms with Crippen LogP contribution in [0.5, 0.6) is 0 Å². The lowest BCUT2D eigenvalue weighted by molar-refractivity contribution is -0.0970. The molecule has 130 valence electrons. The van der Waals surface area contributed by atoms with E-state index in [-0.39, 0.29) is 12.6 Å². The molecule has 25 heavy (non-hydrogen) atoms. The number of benzene rings is 2. The number of ether oxygens (including phenoxy) is 2. The molecular weight excluding hydrogens is 342 g/mol. The highest BCUT2D eigenvalue weighted by molar-refractivity contribution is 6.33. The summed E-state index contributed by atoms with van der Waals surface area (Å²) in [4.78, 5) is 11.8. The van der Waals surface area contributed by atoms with E-state index >= 15 is 0 Å². The third-order valence-corrected chi connectivity index (χ3v) is 3.82. The molecule has 0 spiro atoms. The summed E-state index contributed by atoms with van der Waals surface area (Å²) < 4.78 is 9.99. The zero-order valence-corrected chi connectivity index (χ0v) is 14.6. The van der Waals surface area contributed by atoms with Gasteiger partial charge in [-0.1, -0.05) is 29.8 Å². The minimum absolute atomic E-state index is 0.234. The Morgan fingerprint density at radius 3 is 2.44 bits per heavy atom. The van der Waals surface area contributed by atoms with Gasteiger partial charge in [-0.15, -0.1) is 0 Å². The molecule has 0 aliphatic rings. The average molecular weight is 360 g/mol. The molecule has 0 aromatic heterocycles. The zero-order valence-electron chi connectivity index (χ0n) is 13.9. The lowest BCUT2D eigenvalue weighted by atomic mass is 10.0. The summed E-state index contributed by atoms with van der Waals surface area (Å²) in [5.41, 5.74) is 2.85. The summed E-state index contributed by atoms with van der Waals surface area (Å²) in [6.07, 6.45) is -0.494.